The maximum Gasteiger partial charge on any atom is 0.239 e. The second-order valence-electron chi connectivity index (χ2n) is 4.98. The molecule has 2 N–H and O–H groups in total. The second-order valence-corrected chi connectivity index (χ2v) is 6.87. The van der Waals surface area contributed by atoms with Crippen LogP contribution in [0.4, 0.5) is 5.69 Å². The summed E-state index contributed by atoms with van der Waals surface area (Å²) in [6.07, 6.45) is 0. The lowest BCUT2D eigenvalue weighted by Crippen LogP contribution is -2.18. The van der Waals surface area contributed by atoms with Gasteiger partial charge in [-0.2, -0.15) is 0 Å². The topological polar surface area (TPSA) is 101 Å². The molecule has 0 spiro atoms. The van der Waals surface area contributed by atoms with E-state index >= 15 is 0 Å². The van der Waals surface area contributed by atoms with Gasteiger partial charge in [-0.1, -0.05) is 0 Å². The number of benzene rings is 1. The van der Waals surface area contributed by atoms with Crippen molar-refractivity contribution in [2.24, 2.45) is 4.99 Å². The van der Waals surface area contributed by atoms with Gasteiger partial charge in [0, 0.05) is 19.2 Å². The first-order valence-electron chi connectivity index (χ1n) is 6.98. The Balaban J connectivity index is 1.87. The van der Waals surface area contributed by atoms with E-state index in [1.54, 1.807) is 6.07 Å². The first-order valence-corrected chi connectivity index (χ1v) is 8.46. The minimum atomic E-state index is -3.76. The Kier molecular flexibility index (Phi) is 3.91. The maximum absolute atomic E-state index is 12.6. The van der Waals surface area contributed by atoms with Gasteiger partial charge < -0.3 is 15.1 Å². The van der Waals surface area contributed by atoms with Crippen LogP contribution in [0.1, 0.15) is 12.7 Å². The molecule has 1 aromatic carbocycles. The van der Waals surface area contributed by atoms with Gasteiger partial charge in [-0.15, -0.1) is 0 Å². The van der Waals surface area contributed by atoms with Gasteiger partial charge in [0.2, 0.25) is 20.8 Å². The molecule has 2 aromatic rings. The van der Waals surface area contributed by atoms with Crippen molar-refractivity contribution in [3.63, 3.8) is 0 Å². The van der Waals surface area contributed by atoms with Crippen LogP contribution in [0.25, 0.3) is 0 Å². The summed E-state index contributed by atoms with van der Waals surface area (Å²) in [5.74, 6) is 0.740. The summed E-state index contributed by atoms with van der Waals surface area (Å²) >= 11 is 0. The molecule has 0 saturated carbocycles. The largest absolute Gasteiger partial charge is 0.441 e. The number of carbonyl (C=O) groups excluding carboxylic acids is 1. The number of amides is 1. The van der Waals surface area contributed by atoms with E-state index in [0.717, 1.165) is 0 Å². The van der Waals surface area contributed by atoms with Gasteiger partial charge in [0.1, 0.15) is 0 Å². The van der Waals surface area contributed by atoms with E-state index in [1.807, 2.05) is 0 Å². The van der Waals surface area contributed by atoms with Crippen molar-refractivity contribution in [3.8, 4) is 0 Å². The molecule has 0 atom stereocenters. The Morgan fingerprint density at radius 2 is 1.96 bits per heavy atom. The summed E-state index contributed by atoms with van der Waals surface area (Å²) in [4.78, 5) is 15.3. The molecule has 1 aliphatic rings. The first-order chi connectivity index (χ1) is 11.0. The van der Waals surface area contributed by atoms with Gasteiger partial charge in [0.15, 0.2) is 11.6 Å². The summed E-state index contributed by atoms with van der Waals surface area (Å²) in [5.41, 5.74) is 0.529. The van der Waals surface area contributed by atoms with Gasteiger partial charge in [-0.3, -0.25) is 9.79 Å². The third-order valence-corrected chi connectivity index (χ3v) is 4.88. The monoisotopic (exact) mass is 333 g/mol. The predicted molar refractivity (Wildman–Crippen MR) is 84.3 cm³/mol. The van der Waals surface area contributed by atoms with Crippen LogP contribution in [0.3, 0.4) is 0 Å². The standard InChI is InChI=1S/C15H15N3O4S/c1-10(19)18-11-2-4-12(5-3-11)23(20,21)14-7-6-13(22-14)15-16-8-9-17-15/h2-7H,8-9H2,1H3,(H,16,17)(H,18,19). The smallest absolute Gasteiger partial charge is 0.239 e. The molecule has 23 heavy (non-hydrogen) atoms. The lowest BCUT2D eigenvalue weighted by atomic mass is 10.3. The van der Waals surface area contributed by atoms with Crippen LogP contribution in [0, 0.1) is 0 Å². The van der Waals surface area contributed by atoms with Crippen LogP contribution < -0.4 is 10.6 Å². The molecule has 0 radical (unpaired) electrons. The lowest BCUT2D eigenvalue weighted by Gasteiger charge is -2.04. The molecule has 1 aromatic heterocycles. The van der Waals surface area contributed by atoms with Crippen molar-refractivity contribution in [1.82, 2.24) is 5.32 Å². The highest BCUT2D eigenvalue weighted by Gasteiger charge is 2.23. The van der Waals surface area contributed by atoms with E-state index in [1.165, 1.54) is 37.3 Å². The fourth-order valence-corrected chi connectivity index (χ4v) is 3.37. The Morgan fingerprint density at radius 3 is 2.57 bits per heavy atom. The Hall–Kier alpha value is -2.61. The number of hydrogen-bond acceptors (Lipinski definition) is 6. The van der Waals surface area contributed by atoms with Crippen molar-refractivity contribution < 1.29 is 17.6 Å². The normalized spacial score (nSPS) is 14.2. The number of nitrogens with one attached hydrogen (secondary N) is 2. The first kappa shape index (κ1) is 15.3. The molecule has 1 aliphatic heterocycles. The number of amidine groups is 1. The highest BCUT2D eigenvalue weighted by molar-refractivity contribution is 7.91. The quantitative estimate of drug-likeness (QED) is 0.881. The van der Waals surface area contributed by atoms with E-state index in [4.69, 9.17) is 4.42 Å². The molecule has 0 fully saturated rings. The molecular formula is C15H15N3O4S. The molecule has 0 unspecified atom stereocenters. The van der Waals surface area contributed by atoms with Crippen LogP contribution in [-0.2, 0) is 14.6 Å². The van der Waals surface area contributed by atoms with Crippen LogP contribution in [0.15, 0.2) is 55.8 Å². The molecule has 3 rings (SSSR count). The van der Waals surface area contributed by atoms with Gasteiger partial charge in [-0.05, 0) is 36.4 Å². The summed E-state index contributed by atoms with van der Waals surface area (Å²) in [5, 5.41) is 5.47. The van der Waals surface area contributed by atoms with Crippen LogP contribution in [-0.4, -0.2) is 33.3 Å². The molecule has 120 valence electrons. The number of carbonyl (C=O) groups is 1. The van der Waals surface area contributed by atoms with Crippen molar-refractivity contribution in [1.29, 1.82) is 0 Å². The molecule has 0 aliphatic carbocycles. The van der Waals surface area contributed by atoms with Crippen molar-refractivity contribution in [2.45, 2.75) is 16.9 Å². The Bertz CT molecular complexity index is 866. The van der Waals surface area contributed by atoms with Crippen molar-refractivity contribution in [3.05, 3.63) is 42.2 Å². The highest BCUT2D eigenvalue weighted by Crippen LogP contribution is 2.24. The molecule has 1 amide bonds. The van der Waals surface area contributed by atoms with E-state index in [9.17, 15) is 13.2 Å². The molecule has 0 bridgehead atoms. The van der Waals surface area contributed by atoms with E-state index in [-0.39, 0.29) is 15.9 Å². The molecule has 2 heterocycles. The average Bonchev–Trinajstić information content (AvgIpc) is 3.18. The minimum absolute atomic E-state index is 0.0915. The number of anilines is 1. The van der Waals surface area contributed by atoms with Gasteiger partial charge in [0.25, 0.3) is 0 Å². The maximum atomic E-state index is 12.6. The SMILES string of the molecule is CC(=O)Nc1ccc(S(=O)(=O)c2ccc(C3=NCCN3)o2)cc1. The van der Waals surface area contributed by atoms with Crippen LogP contribution >= 0.6 is 0 Å². The molecule has 7 nitrogen and oxygen atoms in total. The summed E-state index contributed by atoms with van der Waals surface area (Å²) < 4.78 is 30.5. The van der Waals surface area contributed by atoms with Crippen LogP contribution in [0.5, 0.6) is 0 Å². The Labute approximate surface area is 133 Å². The van der Waals surface area contributed by atoms with Crippen molar-refractivity contribution >= 4 is 27.3 Å². The third-order valence-electron chi connectivity index (χ3n) is 3.24. The summed E-state index contributed by atoms with van der Waals surface area (Å²) in [6, 6.07) is 8.90. The third kappa shape index (κ3) is 3.11. The minimum Gasteiger partial charge on any atom is -0.441 e. The number of aliphatic imine (C=N–C) groups is 1. The Morgan fingerprint density at radius 1 is 1.22 bits per heavy atom. The zero-order valence-electron chi connectivity index (χ0n) is 12.4. The van der Waals surface area contributed by atoms with E-state index < -0.39 is 9.84 Å². The summed E-state index contributed by atoms with van der Waals surface area (Å²) in [6.45, 7) is 2.74. The van der Waals surface area contributed by atoms with Crippen molar-refractivity contribution in [2.75, 3.05) is 18.4 Å². The number of rotatable bonds is 4. The predicted octanol–water partition coefficient (Wildman–Crippen LogP) is 1.42. The van der Waals surface area contributed by atoms with Gasteiger partial charge in [-0.25, -0.2) is 8.42 Å². The molecular weight excluding hydrogens is 318 g/mol. The fraction of sp³-hybridized carbons (Fsp3) is 0.200. The fourth-order valence-electron chi connectivity index (χ4n) is 2.19. The highest BCUT2D eigenvalue weighted by atomic mass is 32.2. The average molecular weight is 333 g/mol. The number of sulfone groups is 1. The number of furan rings is 1. The number of hydrogen-bond donors (Lipinski definition) is 2. The second kappa shape index (κ2) is 5.88. The van der Waals surface area contributed by atoms with Gasteiger partial charge in [0.05, 0.1) is 11.4 Å². The lowest BCUT2D eigenvalue weighted by molar-refractivity contribution is -0.114. The number of nitrogens with zero attached hydrogens (tertiary/aromatic N) is 1. The van der Waals surface area contributed by atoms with Gasteiger partial charge >= 0.3 is 0 Å². The van der Waals surface area contributed by atoms with E-state index in [2.05, 4.69) is 15.6 Å². The van der Waals surface area contributed by atoms with Crippen LogP contribution in [0.2, 0.25) is 0 Å². The molecule has 0 saturated heterocycles. The summed E-state index contributed by atoms with van der Waals surface area (Å²) in [7, 11) is -3.76. The zero-order valence-corrected chi connectivity index (χ0v) is 13.2. The zero-order chi connectivity index (χ0) is 16.4. The molecule has 8 heteroatoms. The van der Waals surface area contributed by atoms with E-state index in [0.29, 0.717) is 30.4 Å².